The van der Waals surface area contributed by atoms with Crippen molar-refractivity contribution in [3.05, 3.63) is 29.8 Å². The number of rotatable bonds is 2. The lowest BCUT2D eigenvalue weighted by atomic mass is 10.2. The van der Waals surface area contributed by atoms with Gasteiger partial charge < -0.3 is 0 Å². The van der Waals surface area contributed by atoms with Gasteiger partial charge in [-0.1, -0.05) is 9.59 Å². The smallest absolute Gasteiger partial charge is 0.262 e. The van der Waals surface area contributed by atoms with Crippen molar-refractivity contribution in [1.29, 1.82) is 0 Å². The summed E-state index contributed by atoms with van der Waals surface area (Å²) in [6, 6.07) is 2.79. The Labute approximate surface area is 87.3 Å². The van der Waals surface area contributed by atoms with Gasteiger partial charge in [0, 0.05) is 17.7 Å². The minimum Gasteiger partial charge on any atom is -0.295 e. The molecule has 1 N–H and O–H groups in total. The second-order valence-corrected chi connectivity index (χ2v) is 3.20. The summed E-state index contributed by atoms with van der Waals surface area (Å²) in [5.74, 6) is -1.45. The van der Waals surface area contributed by atoms with Crippen molar-refractivity contribution in [3.8, 4) is 0 Å². The van der Waals surface area contributed by atoms with Crippen LogP contribution in [0.4, 0.5) is 9.52 Å². The normalized spacial score (nSPS) is 9.93. The number of nitrogens with zero attached hydrogens (tertiary/aromatic N) is 4. The molecule has 0 atom stereocenters. The number of aromatic nitrogens is 4. The number of anilines is 1. The summed E-state index contributed by atoms with van der Waals surface area (Å²) in [5.41, 5.74) is -0.146. The number of halogens is 1. The van der Waals surface area contributed by atoms with Gasteiger partial charge in [-0.15, -0.1) is 0 Å². The number of hydrogen-bond acceptors (Lipinski definition) is 6. The van der Waals surface area contributed by atoms with Gasteiger partial charge in [0.05, 0.1) is 5.56 Å². The van der Waals surface area contributed by atoms with Crippen LogP contribution < -0.4 is 5.32 Å². The molecule has 1 amide bonds. The minimum absolute atomic E-state index is 0.146. The number of carbonyl (C=O) groups excluding carboxylic acids is 1. The fraction of sp³-hybridized carbons (Fsp3) is 0. The van der Waals surface area contributed by atoms with Crippen LogP contribution in [0.3, 0.4) is 0 Å². The quantitative estimate of drug-likeness (QED) is 0.761. The van der Waals surface area contributed by atoms with E-state index >= 15 is 0 Å². The highest BCUT2D eigenvalue weighted by atomic mass is 32.1. The van der Waals surface area contributed by atoms with Gasteiger partial charge in [0.25, 0.3) is 5.91 Å². The van der Waals surface area contributed by atoms with Gasteiger partial charge >= 0.3 is 0 Å². The molecule has 76 valence electrons. The Morgan fingerprint density at radius 2 is 2.40 bits per heavy atom. The molecule has 0 aliphatic carbocycles. The monoisotopic (exact) mass is 225 g/mol. The fourth-order valence-corrected chi connectivity index (χ4v) is 1.26. The van der Waals surface area contributed by atoms with Crippen molar-refractivity contribution in [2.45, 2.75) is 0 Å². The number of amides is 1. The van der Waals surface area contributed by atoms with Gasteiger partial charge in [-0.2, -0.15) is 4.39 Å². The van der Waals surface area contributed by atoms with E-state index in [-0.39, 0.29) is 10.7 Å². The third-order valence-corrected chi connectivity index (χ3v) is 2.03. The Morgan fingerprint density at radius 3 is 3.07 bits per heavy atom. The summed E-state index contributed by atoms with van der Waals surface area (Å²) in [6.07, 6.45) is 1.26. The van der Waals surface area contributed by atoms with Crippen LogP contribution in [-0.2, 0) is 0 Å². The zero-order chi connectivity index (χ0) is 10.7. The molecule has 0 saturated heterocycles. The van der Waals surface area contributed by atoms with Crippen molar-refractivity contribution in [2.24, 2.45) is 0 Å². The highest BCUT2D eigenvalue weighted by molar-refractivity contribution is 7.09. The summed E-state index contributed by atoms with van der Waals surface area (Å²) < 4.78 is 16.5. The molecule has 6 nitrogen and oxygen atoms in total. The molecule has 0 fully saturated rings. The Bertz CT molecular complexity index is 474. The molecular formula is C7H4FN5OS. The Morgan fingerprint density at radius 1 is 1.53 bits per heavy atom. The maximum atomic E-state index is 13.0. The van der Waals surface area contributed by atoms with E-state index in [0.29, 0.717) is 0 Å². The standard InChI is InChI=1S/C7H4FN5OS/c8-5-4(2-1-3-9-5)6(14)10-7-11-12-13-15-7/h1-3H,(H,10,11,13,14). The predicted molar refractivity (Wildman–Crippen MR) is 49.9 cm³/mol. The van der Waals surface area contributed by atoms with Gasteiger partial charge in [-0.05, 0) is 17.3 Å². The van der Waals surface area contributed by atoms with E-state index in [1.807, 2.05) is 0 Å². The summed E-state index contributed by atoms with van der Waals surface area (Å²) in [6.45, 7) is 0. The van der Waals surface area contributed by atoms with Crippen molar-refractivity contribution in [1.82, 2.24) is 19.8 Å². The molecule has 15 heavy (non-hydrogen) atoms. The van der Waals surface area contributed by atoms with Crippen molar-refractivity contribution < 1.29 is 9.18 Å². The maximum absolute atomic E-state index is 13.0. The van der Waals surface area contributed by atoms with Crippen LogP contribution in [0.5, 0.6) is 0 Å². The van der Waals surface area contributed by atoms with Crippen LogP contribution >= 0.6 is 11.5 Å². The van der Waals surface area contributed by atoms with Crippen LogP contribution in [0.2, 0.25) is 0 Å². The van der Waals surface area contributed by atoms with Crippen LogP contribution in [0.1, 0.15) is 10.4 Å². The lowest BCUT2D eigenvalue weighted by Gasteiger charge is -2.00. The van der Waals surface area contributed by atoms with E-state index in [1.165, 1.54) is 18.3 Å². The number of nitrogens with one attached hydrogen (secondary N) is 1. The maximum Gasteiger partial charge on any atom is 0.262 e. The van der Waals surface area contributed by atoms with E-state index < -0.39 is 11.9 Å². The first-order valence-corrected chi connectivity index (χ1v) is 4.61. The van der Waals surface area contributed by atoms with E-state index in [2.05, 4.69) is 25.1 Å². The van der Waals surface area contributed by atoms with Gasteiger partial charge in [0.2, 0.25) is 11.1 Å². The average Bonchev–Trinajstić information content (AvgIpc) is 2.71. The third-order valence-electron chi connectivity index (χ3n) is 1.52. The molecule has 2 rings (SSSR count). The van der Waals surface area contributed by atoms with Gasteiger partial charge in [0.15, 0.2) is 0 Å². The largest absolute Gasteiger partial charge is 0.295 e. The van der Waals surface area contributed by atoms with E-state index in [1.54, 1.807) is 0 Å². The molecule has 0 spiro atoms. The van der Waals surface area contributed by atoms with Crippen molar-refractivity contribution in [2.75, 3.05) is 5.32 Å². The zero-order valence-corrected chi connectivity index (χ0v) is 8.03. The van der Waals surface area contributed by atoms with Gasteiger partial charge in [-0.25, -0.2) is 4.98 Å². The molecule has 0 unspecified atom stereocenters. The molecule has 0 bridgehead atoms. The SMILES string of the molecule is O=C(Nc1nnns1)c1cccnc1F. The van der Waals surface area contributed by atoms with E-state index in [0.717, 1.165) is 11.5 Å². The zero-order valence-electron chi connectivity index (χ0n) is 7.22. The van der Waals surface area contributed by atoms with Crippen molar-refractivity contribution in [3.63, 3.8) is 0 Å². The molecule has 0 aromatic carbocycles. The van der Waals surface area contributed by atoms with Crippen LogP contribution in [0, 0.1) is 5.95 Å². The van der Waals surface area contributed by atoms with Crippen LogP contribution in [0.15, 0.2) is 18.3 Å². The topological polar surface area (TPSA) is 80.7 Å². The molecule has 0 aliphatic heterocycles. The van der Waals surface area contributed by atoms with Gasteiger partial charge in [-0.3, -0.25) is 10.1 Å². The summed E-state index contributed by atoms with van der Waals surface area (Å²) in [5, 5.41) is 9.33. The lowest BCUT2D eigenvalue weighted by Crippen LogP contribution is -2.14. The summed E-state index contributed by atoms with van der Waals surface area (Å²) in [7, 11) is 0. The molecule has 0 aliphatic rings. The first kappa shape index (κ1) is 9.59. The molecule has 0 saturated carbocycles. The first-order valence-electron chi connectivity index (χ1n) is 3.84. The Balaban J connectivity index is 2.19. The van der Waals surface area contributed by atoms with Gasteiger partial charge in [0.1, 0.15) is 0 Å². The Kier molecular flexibility index (Phi) is 2.59. The number of carbonyl (C=O) groups is 1. The van der Waals surface area contributed by atoms with Crippen LogP contribution in [-0.4, -0.2) is 25.7 Å². The predicted octanol–water partition coefficient (Wildman–Crippen LogP) is 0.719. The van der Waals surface area contributed by atoms with E-state index in [4.69, 9.17) is 0 Å². The summed E-state index contributed by atoms with van der Waals surface area (Å²) in [4.78, 5) is 14.8. The van der Waals surface area contributed by atoms with E-state index in [9.17, 15) is 9.18 Å². The molecule has 0 radical (unpaired) electrons. The Hall–Kier alpha value is -1.96. The lowest BCUT2D eigenvalue weighted by molar-refractivity contribution is 0.102. The summed E-state index contributed by atoms with van der Waals surface area (Å²) >= 11 is 0.905. The molecular weight excluding hydrogens is 221 g/mol. The molecule has 2 aromatic heterocycles. The second kappa shape index (κ2) is 4.05. The number of hydrogen-bond donors (Lipinski definition) is 1. The second-order valence-electron chi connectivity index (χ2n) is 2.46. The first-order chi connectivity index (χ1) is 7.27. The minimum atomic E-state index is -0.826. The molecule has 2 aromatic rings. The third kappa shape index (κ3) is 2.10. The molecule has 2 heterocycles. The molecule has 8 heteroatoms. The fourth-order valence-electron chi connectivity index (χ4n) is 0.902. The van der Waals surface area contributed by atoms with Crippen LogP contribution in [0.25, 0.3) is 0 Å². The highest BCUT2D eigenvalue weighted by Gasteiger charge is 2.13. The van der Waals surface area contributed by atoms with Crippen molar-refractivity contribution >= 4 is 22.6 Å². The number of pyridine rings is 1. The highest BCUT2D eigenvalue weighted by Crippen LogP contribution is 2.09. The average molecular weight is 225 g/mol.